The number of hydrogen-bond donors (Lipinski definition) is 2. The van der Waals surface area contributed by atoms with Gasteiger partial charge in [-0.1, -0.05) is 24.3 Å². The van der Waals surface area contributed by atoms with E-state index in [-0.39, 0.29) is 18.2 Å². The van der Waals surface area contributed by atoms with Gasteiger partial charge in [0.05, 0.1) is 28.2 Å². The Bertz CT molecular complexity index is 1100. The van der Waals surface area contributed by atoms with Gasteiger partial charge in [0.1, 0.15) is 0 Å². The molecule has 0 saturated heterocycles. The van der Waals surface area contributed by atoms with Crippen LogP contribution in [0.3, 0.4) is 0 Å². The van der Waals surface area contributed by atoms with E-state index < -0.39 is 0 Å². The van der Waals surface area contributed by atoms with Crippen LogP contribution in [0.4, 0.5) is 10.8 Å². The molecule has 4 aromatic rings. The summed E-state index contributed by atoms with van der Waals surface area (Å²) in [4.78, 5) is 33.7. The molecule has 0 radical (unpaired) electrons. The molecule has 3 heterocycles. The molecule has 0 unspecified atom stereocenters. The summed E-state index contributed by atoms with van der Waals surface area (Å²) in [6.07, 6.45) is 1.82. The quantitative estimate of drug-likeness (QED) is 0.532. The molecule has 27 heavy (non-hydrogen) atoms. The second-order valence-corrected chi connectivity index (χ2v) is 7.49. The van der Waals surface area contributed by atoms with Crippen LogP contribution in [-0.4, -0.2) is 21.8 Å². The van der Waals surface area contributed by atoms with Crippen LogP contribution in [0.1, 0.15) is 15.4 Å². The molecule has 0 atom stereocenters. The number of rotatable bonds is 5. The Morgan fingerprint density at radius 3 is 2.74 bits per heavy atom. The van der Waals surface area contributed by atoms with E-state index in [2.05, 4.69) is 20.6 Å². The maximum Gasteiger partial charge on any atom is 0.267 e. The van der Waals surface area contributed by atoms with Gasteiger partial charge in [-0.05, 0) is 23.6 Å². The van der Waals surface area contributed by atoms with Gasteiger partial charge in [0.25, 0.3) is 5.91 Å². The third-order valence-electron chi connectivity index (χ3n) is 3.77. The van der Waals surface area contributed by atoms with Crippen LogP contribution in [0.25, 0.3) is 10.9 Å². The predicted octanol–water partition coefficient (Wildman–Crippen LogP) is 4.19. The lowest BCUT2D eigenvalue weighted by molar-refractivity contribution is -0.115. The Hall–Kier alpha value is -3.10. The van der Waals surface area contributed by atoms with Crippen molar-refractivity contribution in [2.45, 2.75) is 6.42 Å². The largest absolute Gasteiger partial charge is 0.324 e. The van der Waals surface area contributed by atoms with Crippen molar-refractivity contribution in [1.82, 2.24) is 9.97 Å². The maximum atomic E-state index is 12.4. The number of carbonyl (C=O) groups excluding carboxylic acids is 2. The molecule has 3 aromatic heterocycles. The number of benzene rings is 1. The Kier molecular flexibility index (Phi) is 4.91. The van der Waals surface area contributed by atoms with E-state index in [1.807, 2.05) is 41.8 Å². The Morgan fingerprint density at radius 2 is 1.89 bits per heavy atom. The monoisotopic (exact) mass is 394 g/mol. The average Bonchev–Trinajstić information content (AvgIpc) is 3.34. The van der Waals surface area contributed by atoms with E-state index >= 15 is 0 Å². The number of pyridine rings is 1. The molecule has 1 aromatic carbocycles. The van der Waals surface area contributed by atoms with Crippen molar-refractivity contribution in [3.8, 4) is 0 Å². The maximum absolute atomic E-state index is 12.4. The fourth-order valence-corrected chi connectivity index (χ4v) is 3.90. The molecule has 0 saturated carbocycles. The van der Waals surface area contributed by atoms with Crippen LogP contribution in [0.5, 0.6) is 0 Å². The number of aromatic nitrogens is 2. The van der Waals surface area contributed by atoms with Crippen LogP contribution in [-0.2, 0) is 11.2 Å². The molecule has 2 N–H and O–H groups in total. The van der Waals surface area contributed by atoms with Gasteiger partial charge in [0, 0.05) is 17.0 Å². The topological polar surface area (TPSA) is 84.0 Å². The van der Waals surface area contributed by atoms with Gasteiger partial charge in [-0.25, -0.2) is 4.98 Å². The smallest absolute Gasteiger partial charge is 0.267 e. The lowest BCUT2D eigenvalue weighted by Crippen LogP contribution is -2.15. The first-order valence-corrected chi connectivity index (χ1v) is 9.88. The van der Waals surface area contributed by atoms with Crippen LogP contribution in [0.2, 0.25) is 0 Å². The standard InChI is InChI=1S/C19H14N4O2S2/c24-16(22-14-6-1-4-12-5-2-8-20-17(12)14)10-13-11-27-19(21-13)23-18(25)15-7-3-9-26-15/h1-9,11H,10H2,(H,22,24)(H,21,23,25). The molecule has 0 aliphatic heterocycles. The van der Waals surface area contributed by atoms with Gasteiger partial charge in [-0.3, -0.25) is 19.9 Å². The third-order valence-corrected chi connectivity index (χ3v) is 5.44. The minimum atomic E-state index is -0.197. The summed E-state index contributed by atoms with van der Waals surface area (Å²) < 4.78 is 0. The number of thiophene rings is 1. The average molecular weight is 394 g/mol. The molecule has 0 fully saturated rings. The van der Waals surface area contributed by atoms with Gasteiger partial charge >= 0.3 is 0 Å². The minimum absolute atomic E-state index is 0.120. The highest BCUT2D eigenvalue weighted by Gasteiger charge is 2.13. The summed E-state index contributed by atoms with van der Waals surface area (Å²) in [7, 11) is 0. The van der Waals surface area contributed by atoms with Crippen molar-refractivity contribution in [3.05, 3.63) is 70.0 Å². The first kappa shape index (κ1) is 17.3. The van der Waals surface area contributed by atoms with Gasteiger partial charge in [-0.2, -0.15) is 0 Å². The number of thiazole rings is 1. The Labute approximate surface area is 162 Å². The van der Waals surface area contributed by atoms with Crippen molar-refractivity contribution < 1.29 is 9.59 Å². The van der Waals surface area contributed by atoms with E-state index in [1.54, 1.807) is 17.6 Å². The zero-order chi connectivity index (χ0) is 18.6. The van der Waals surface area contributed by atoms with Crippen molar-refractivity contribution in [2.24, 2.45) is 0 Å². The highest BCUT2D eigenvalue weighted by atomic mass is 32.1. The lowest BCUT2D eigenvalue weighted by atomic mass is 10.2. The summed E-state index contributed by atoms with van der Waals surface area (Å²) in [5.41, 5.74) is 2.02. The number of nitrogens with zero attached hydrogens (tertiary/aromatic N) is 2. The number of amides is 2. The number of para-hydroxylation sites is 1. The van der Waals surface area contributed by atoms with Gasteiger partial charge in [0.2, 0.25) is 5.91 Å². The van der Waals surface area contributed by atoms with Crippen molar-refractivity contribution in [1.29, 1.82) is 0 Å². The van der Waals surface area contributed by atoms with Crippen molar-refractivity contribution >= 4 is 56.2 Å². The molecule has 4 rings (SSSR count). The summed E-state index contributed by atoms with van der Waals surface area (Å²) in [6.45, 7) is 0. The van der Waals surface area contributed by atoms with E-state index in [9.17, 15) is 9.59 Å². The highest BCUT2D eigenvalue weighted by molar-refractivity contribution is 7.14. The Balaban J connectivity index is 1.41. The Morgan fingerprint density at radius 1 is 1.00 bits per heavy atom. The first-order valence-electron chi connectivity index (χ1n) is 8.12. The van der Waals surface area contributed by atoms with E-state index in [1.165, 1.54) is 22.7 Å². The van der Waals surface area contributed by atoms with Crippen LogP contribution in [0.15, 0.2) is 59.4 Å². The van der Waals surface area contributed by atoms with Gasteiger partial charge < -0.3 is 5.32 Å². The number of carbonyl (C=O) groups is 2. The summed E-state index contributed by atoms with van der Waals surface area (Å²) in [5, 5.41) is 10.7. The fourth-order valence-electron chi connectivity index (χ4n) is 2.58. The minimum Gasteiger partial charge on any atom is -0.324 e. The highest BCUT2D eigenvalue weighted by Crippen LogP contribution is 2.22. The van der Waals surface area contributed by atoms with Crippen LogP contribution < -0.4 is 10.6 Å². The molecule has 0 bridgehead atoms. The molecule has 0 spiro atoms. The summed E-state index contributed by atoms with van der Waals surface area (Å²) in [6, 6.07) is 13.0. The molecule has 2 amide bonds. The normalized spacial score (nSPS) is 10.7. The first-order chi connectivity index (χ1) is 13.2. The number of nitrogens with one attached hydrogen (secondary N) is 2. The van der Waals surface area contributed by atoms with E-state index in [4.69, 9.17) is 0 Å². The predicted molar refractivity (Wildman–Crippen MR) is 108 cm³/mol. The molecule has 134 valence electrons. The molecule has 8 heteroatoms. The number of hydrogen-bond acceptors (Lipinski definition) is 6. The SMILES string of the molecule is O=C(Cc1csc(NC(=O)c2cccs2)n1)Nc1cccc2cccnc12. The van der Waals surface area contributed by atoms with Crippen molar-refractivity contribution in [2.75, 3.05) is 10.6 Å². The van der Waals surface area contributed by atoms with E-state index in [0.29, 0.717) is 21.4 Å². The van der Waals surface area contributed by atoms with Gasteiger partial charge in [-0.15, -0.1) is 22.7 Å². The van der Waals surface area contributed by atoms with Gasteiger partial charge in [0.15, 0.2) is 5.13 Å². The van der Waals surface area contributed by atoms with Crippen molar-refractivity contribution in [3.63, 3.8) is 0 Å². The molecular formula is C19H14N4O2S2. The molecular weight excluding hydrogens is 380 g/mol. The summed E-state index contributed by atoms with van der Waals surface area (Å²) in [5.74, 6) is -0.383. The van der Waals surface area contributed by atoms with Crippen LogP contribution in [0, 0.1) is 0 Å². The lowest BCUT2D eigenvalue weighted by Gasteiger charge is -2.07. The molecule has 0 aliphatic carbocycles. The summed E-state index contributed by atoms with van der Waals surface area (Å²) >= 11 is 2.66. The molecule has 0 aliphatic rings. The zero-order valence-corrected chi connectivity index (χ0v) is 15.6. The fraction of sp³-hybridized carbons (Fsp3) is 0.0526. The molecule has 6 nitrogen and oxygen atoms in total. The number of anilines is 2. The third kappa shape index (κ3) is 4.02. The number of fused-ring (bicyclic) bond motifs is 1. The second-order valence-electron chi connectivity index (χ2n) is 5.68. The van der Waals surface area contributed by atoms with Crippen LogP contribution >= 0.6 is 22.7 Å². The van der Waals surface area contributed by atoms with E-state index in [0.717, 1.165) is 10.9 Å². The second kappa shape index (κ2) is 7.65. The zero-order valence-electron chi connectivity index (χ0n) is 14.0.